The van der Waals surface area contributed by atoms with Crippen LogP contribution in [0.5, 0.6) is 0 Å². The Morgan fingerprint density at radius 2 is 1.90 bits per heavy atom. The number of nitrogens with one attached hydrogen (secondary N) is 1. The number of alkyl halides is 3. The van der Waals surface area contributed by atoms with Crippen molar-refractivity contribution in [2.45, 2.75) is 6.18 Å². The predicted octanol–water partition coefficient (Wildman–Crippen LogP) is 4.04. The lowest BCUT2D eigenvalue weighted by atomic mass is 10.1. The van der Waals surface area contributed by atoms with Crippen molar-refractivity contribution < 1.29 is 27.3 Å². The van der Waals surface area contributed by atoms with E-state index in [0.717, 1.165) is 0 Å². The van der Waals surface area contributed by atoms with Crippen LogP contribution >= 0.6 is 11.8 Å². The zero-order chi connectivity index (χ0) is 21.6. The van der Waals surface area contributed by atoms with Crippen molar-refractivity contribution in [3.8, 4) is 11.3 Å². The van der Waals surface area contributed by atoms with E-state index in [2.05, 4.69) is 10.1 Å². The van der Waals surface area contributed by atoms with Gasteiger partial charge in [0.25, 0.3) is 11.6 Å². The highest BCUT2D eigenvalue weighted by molar-refractivity contribution is 8.27. The van der Waals surface area contributed by atoms with Crippen LogP contribution in [0.3, 0.4) is 0 Å². The van der Waals surface area contributed by atoms with Crippen molar-refractivity contribution in [1.29, 1.82) is 5.41 Å². The number of aliphatic imine (C=N–C) groups is 1. The van der Waals surface area contributed by atoms with Gasteiger partial charge in [-0.05, 0) is 42.1 Å². The molecule has 0 fully saturated rings. The average Bonchev–Trinajstić information content (AvgIpc) is 3.32. The zero-order valence-corrected chi connectivity index (χ0v) is 15.3. The molecular formula is C17H8F3N5O4S. The number of nitro groups is 1. The van der Waals surface area contributed by atoms with Crippen LogP contribution in [0.2, 0.25) is 0 Å². The Morgan fingerprint density at radius 1 is 1.20 bits per heavy atom. The number of nitrogens with zero attached hydrogens (tertiary/aromatic N) is 4. The highest BCUT2D eigenvalue weighted by Crippen LogP contribution is 2.35. The number of non-ortho nitro benzene ring substituents is 1. The first-order valence-electron chi connectivity index (χ1n) is 8.05. The monoisotopic (exact) mass is 435 g/mol. The molecule has 0 spiro atoms. The van der Waals surface area contributed by atoms with E-state index in [1.807, 2.05) is 0 Å². The van der Waals surface area contributed by atoms with E-state index in [0.29, 0.717) is 16.3 Å². The van der Waals surface area contributed by atoms with Gasteiger partial charge in [-0.2, -0.15) is 28.3 Å². The van der Waals surface area contributed by atoms with Gasteiger partial charge in [0.2, 0.25) is 10.2 Å². The fourth-order valence-corrected chi connectivity index (χ4v) is 3.34. The summed E-state index contributed by atoms with van der Waals surface area (Å²) in [5.74, 6) is -0.984. The van der Waals surface area contributed by atoms with Gasteiger partial charge in [-0.25, -0.2) is 0 Å². The second kappa shape index (κ2) is 6.95. The number of carbonyl (C=O) groups is 1. The molecule has 0 unspecified atom stereocenters. The van der Waals surface area contributed by atoms with Gasteiger partial charge >= 0.3 is 6.18 Å². The molecule has 0 atom stereocenters. The van der Waals surface area contributed by atoms with Crippen LogP contribution in [0.15, 0.2) is 56.5 Å². The van der Waals surface area contributed by atoms with Gasteiger partial charge in [0.05, 0.1) is 10.5 Å². The quantitative estimate of drug-likeness (QED) is 0.441. The normalized spacial score (nSPS) is 17.8. The molecule has 3 heterocycles. The second-order valence-corrected chi connectivity index (χ2v) is 6.88. The summed E-state index contributed by atoms with van der Waals surface area (Å²) in [4.78, 5) is 26.0. The molecular weight excluding hydrogens is 427 g/mol. The van der Waals surface area contributed by atoms with Crippen LogP contribution in [0.1, 0.15) is 5.76 Å². The summed E-state index contributed by atoms with van der Waals surface area (Å²) >= 11 is 0.163. The van der Waals surface area contributed by atoms with Gasteiger partial charge in [-0.15, -0.1) is 0 Å². The third-order valence-corrected chi connectivity index (χ3v) is 4.93. The summed E-state index contributed by atoms with van der Waals surface area (Å²) in [6, 6.07) is 8.58. The first kappa shape index (κ1) is 19.6. The molecule has 152 valence electrons. The predicted molar refractivity (Wildman–Crippen MR) is 102 cm³/mol. The van der Waals surface area contributed by atoms with Gasteiger partial charge in [-0.3, -0.25) is 20.3 Å². The molecule has 0 saturated carbocycles. The molecule has 0 bridgehead atoms. The average molecular weight is 435 g/mol. The molecule has 0 radical (unpaired) electrons. The Balaban J connectivity index is 1.62. The molecule has 1 amide bonds. The van der Waals surface area contributed by atoms with E-state index in [1.54, 1.807) is 6.07 Å². The van der Waals surface area contributed by atoms with E-state index >= 15 is 0 Å². The fraction of sp³-hybridized carbons (Fsp3) is 0.0588. The number of halogens is 3. The summed E-state index contributed by atoms with van der Waals surface area (Å²) in [6.07, 6.45) is -3.55. The fourth-order valence-electron chi connectivity index (χ4n) is 2.58. The molecule has 9 nitrogen and oxygen atoms in total. The van der Waals surface area contributed by atoms with Crippen LogP contribution in [0.25, 0.3) is 17.4 Å². The number of carbonyl (C=O) groups excluding carboxylic acids is 1. The maximum atomic E-state index is 12.8. The summed E-state index contributed by atoms with van der Waals surface area (Å²) in [5, 5.41) is 21.2. The number of hydrogen-bond donors (Lipinski definition) is 1. The molecule has 2 aromatic rings. The van der Waals surface area contributed by atoms with E-state index < -0.39 is 27.9 Å². The number of hydrazone groups is 1. The number of benzene rings is 1. The standard InChI is InChI=1S/C17H8F3N5O4S/c18-17(19,20)15-23-24-13(21)11(14(26)22-16(24)30-15)7-10-5-6-12(29-10)8-1-3-9(4-2-8)25(27)28/h1-7,21H. The molecule has 30 heavy (non-hydrogen) atoms. The van der Waals surface area contributed by atoms with Gasteiger partial charge < -0.3 is 4.42 Å². The Hall–Kier alpha value is -3.74. The van der Waals surface area contributed by atoms with Crippen LogP contribution < -0.4 is 0 Å². The maximum Gasteiger partial charge on any atom is 0.441 e. The first-order chi connectivity index (χ1) is 14.1. The van der Waals surface area contributed by atoms with E-state index in [4.69, 9.17) is 9.83 Å². The van der Waals surface area contributed by atoms with Gasteiger partial charge in [0.1, 0.15) is 11.5 Å². The first-order valence-corrected chi connectivity index (χ1v) is 8.87. The Labute approximate surface area is 169 Å². The number of rotatable bonds is 3. The largest absolute Gasteiger partial charge is 0.457 e. The Morgan fingerprint density at radius 3 is 2.53 bits per heavy atom. The topological polar surface area (TPSA) is 125 Å². The van der Waals surface area contributed by atoms with Crippen molar-refractivity contribution in [3.63, 3.8) is 0 Å². The molecule has 1 aromatic carbocycles. The Kier molecular flexibility index (Phi) is 4.53. The molecule has 2 aliphatic heterocycles. The van der Waals surface area contributed by atoms with Crippen molar-refractivity contribution in [2.24, 2.45) is 10.1 Å². The number of fused-ring (bicyclic) bond motifs is 1. The van der Waals surface area contributed by atoms with Crippen LogP contribution in [-0.4, -0.2) is 38.1 Å². The number of thioether (sulfide) groups is 1. The third-order valence-electron chi connectivity index (χ3n) is 3.97. The highest BCUT2D eigenvalue weighted by Gasteiger charge is 2.46. The summed E-state index contributed by atoms with van der Waals surface area (Å²) in [7, 11) is 0. The minimum Gasteiger partial charge on any atom is -0.457 e. The summed E-state index contributed by atoms with van der Waals surface area (Å²) < 4.78 is 44.1. The van der Waals surface area contributed by atoms with Crippen molar-refractivity contribution >= 4 is 45.5 Å². The molecule has 0 saturated heterocycles. The molecule has 0 aliphatic carbocycles. The van der Waals surface area contributed by atoms with E-state index in [1.165, 1.54) is 36.4 Å². The lowest BCUT2D eigenvalue weighted by Crippen LogP contribution is -2.35. The number of nitro benzene ring substituents is 1. The molecule has 4 rings (SSSR count). The van der Waals surface area contributed by atoms with Gasteiger partial charge in [0.15, 0.2) is 5.84 Å². The van der Waals surface area contributed by atoms with E-state index in [-0.39, 0.29) is 34.0 Å². The smallest absolute Gasteiger partial charge is 0.441 e. The minimum absolute atomic E-state index is 0.0928. The number of hydrogen-bond acceptors (Lipinski definition) is 7. The second-order valence-electron chi connectivity index (χ2n) is 5.93. The molecule has 1 aromatic heterocycles. The molecule has 1 N–H and O–H groups in total. The van der Waals surface area contributed by atoms with Crippen LogP contribution in [0, 0.1) is 15.5 Å². The van der Waals surface area contributed by atoms with Crippen molar-refractivity contribution in [1.82, 2.24) is 5.01 Å². The number of amides is 1. The minimum atomic E-state index is -4.72. The lowest BCUT2D eigenvalue weighted by Gasteiger charge is -2.19. The van der Waals surface area contributed by atoms with Crippen LogP contribution in [0.4, 0.5) is 18.9 Å². The Bertz CT molecular complexity index is 1180. The molecule has 2 aliphatic rings. The van der Waals surface area contributed by atoms with Crippen LogP contribution in [-0.2, 0) is 4.79 Å². The van der Waals surface area contributed by atoms with Gasteiger partial charge in [0, 0.05) is 17.7 Å². The number of amidine groups is 2. The third kappa shape index (κ3) is 3.50. The highest BCUT2D eigenvalue weighted by atomic mass is 32.2. The van der Waals surface area contributed by atoms with E-state index in [9.17, 15) is 28.1 Å². The van der Waals surface area contributed by atoms with Crippen molar-refractivity contribution in [3.05, 3.63) is 57.8 Å². The zero-order valence-electron chi connectivity index (χ0n) is 14.5. The molecule has 13 heteroatoms. The number of furan rings is 1. The SMILES string of the molecule is N=C1C(=Cc2ccc(-c3ccc([N+](=O)[O-])cc3)o2)C(=O)N=C2SC(C(F)(F)F)=NN12. The van der Waals surface area contributed by atoms with Crippen molar-refractivity contribution in [2.75, 3.05) is 0 Å². The van der Waals surface area contributed by atoms with Gasteiger partial charge in [-0.1, -0.05) is 0 Å². The lowest BCUT2D eigenvalue weighted by molar-refractivity contribution is -0.384. The summed E-state index contributed by atoms with van der Waals surface area (Å²) in [5.41, 5.74) is 0.145. The summed E-state index contributed by atoms with van der Waals surface area (Å²) in [6.45, 7) is 0. The maximum absolute atomic E-state index is 12.8.